The molecule has 0 rings (SSSR count). The van der Waals surface area contributed by atoms with Gasteiger partial charge in [0.25, 0.3) is 5.97 Å². The van der Waals surface area contributed by atoms with Gasteiger partial charge in [-0.05, 0) is 0 Å². The molecule has 0 aliphatic carbocycles. The second kappa shape index (κ2) is 8.99. The summed E-state index contributed by atoms with van der Waals surface area (Å²) in [6, 6.07) is 0. The van der Waals surface area contributed by atoms with E-state index < -0.39 is 5.97 Å². The molecule has 0 unspecified atom stereocenters. The molecule has 0 fully saturated rings. The molecule has 0 aliphatic heterocycles. The molecule has 0 aromatic carbocycles. The number of carbonyl (C=O) groups is 1. The summed E-state index contributed by atoms with van der Waals surface area (Å²) in [6.07, 6.45) is 0. The van der Waals surface area contributed by atoms with Crippen molar-refractivity contribution in [3.63, 3.8) is 0 Å². The van der Waals surface area contributed by atoms with Crippen LogP contribution in [0.5, 0.6) is 0 Å². The summed E-state index contributed by atoms with van der Waals surface area (Å²) in [5.41, 5.74) is 0. The molecular formula is C2H4ClCuO2. The molecule has 0 saturated heterocycles. The number of rotatable bonds is 0. The standard InChI is InChI=1S/C2H4O2.ClH.Cu/c1-2(3)4;;/h1H3,(H,3,4);1H;/q;;+1/p-1. The number of hydrogen-bond acceptors (Lipinski definition) is 1. The van der Waals surface area contributed by atoms with Crippen molar-refractivity contribution in [2.24, 2.45) is 0 Å². The number of aliphatic carboxylic acids is 1. The van der Waals surface area contributed by atoms with Gasteiger partial charge in [0.05, 0.1) is 0 Å². The van der Waals surface area contributed by atoms with Gasteiger partial charge in [0.15, 0.2) is 0 Å². The Kier molecular flexibility index (Phi) is 14.3. The first-order chi connectivity index (χ1) is 2.73. The zero-order valence-electron chi connectivity index (χ0n) is 3.03. The normalized spacial score (nSPS) is 5.33. The summed E-state index contributed by atoms with van der Waals surface area (Å²) in [7, 11) is 4.20. The first-order valence-electron chi connectivity index (χ1n) is 1.04. The Balaban J connectivity index is 0. The Morgan fingerprint density at radius 3 is 1.83 bits per heavy atom. The Labute approximate surface area is 48.5 Å². The fraction of sp³-hybridized carbons (Fsp3) is 0.500. The van der Waals surface area contributed by atoms with Gasteiger partial charge in [-0.1, -0.05) is 0 Å². The Morgan fingerprint density at radius 2 is 1.83 bits per heavy atom. The van der Waals surface area contributed by atoms with Crippen molar-refractivity contribution >= 4 is 16.1 Å². The Hall–Kier alpha value is 0.279. The van der Waals surface area contributed by atoms with Gasteiger partial charge in [-0.2, -0.15) is 0 Å². The summed E-state index contributed by atoms with van der Waals surface area (Å²) in [5, 5.41) is 7.42. The summed E-state index contributed by atoms with van der Waals surface area (Å²) >= 11 is 3.66. The van der Waals surface area contributed by atoms with Crippen molar-refractivity contribution in [1.82, 2.24) is 0 Å². The predicted octanol–water partition coefficient (Wildman–Crippen LogP) is 0.778. The van der Waals surface area contributed by atoms with E-state index in [2.05, 4.69) is 25.2 Å². The number of carboxylic acid groups (broad SMARTS) is 1. The third kappa shape index (κ3) is 589. The first-order valence-corrected chi connectivity index (χ1v) is 2.34. The number of halogens is 1. The molecule has 6 heavy (non-hydrogen) atoms. The fourth-order valence-corrected chi connectivity index (χ4v) is 0. The van der Waals surface area contributed by atoms with Crippen LogP contribution in [0.3, 0.4) is 0 Å². The molecular weight excluding hydrogens is 155 g/mol. The molecule has 0 atom stereocenters. The van der Waals surface area contributed by atoms with Crippen LogP contribution in [-0.2, 0) is 19.9 Å². The van der Waals surface area contributed by atoms with Crippen LogP contribution in [0.2, 0.25) is 0 Å². The molecule has 0 aromatic rings. The summed E-state index contributed by atoms with van der Waals surface area (Å²) < 4.78 is 0. The molecule has 42 valence electrons. The van der Waals surface area contributed by atoms with E-state index in [0.717, 1.165) is 6.92 Å². The van der Waals surface area contributed by atoms with Crippen molar-refractivity contribution in [1.29, 1.82) is 0 Å². The molecule has 0 aliphatic rings. The van der Waals surface area contributed by atoms with Gasteiger partial charge in [0.2, 0.25) is 0 Å². The summed E-state index contributed by atoms with van der Waals surface area (Å²) in [4.78, 5) is 9.00. The quantitative estimate of drug-likeness (QED) is 0.530. The third-order valence-corrected chi connectivity index (χ3v) is 0. The third-order valence-electron chi connectivity index (χ3n) is 0. The van der Waals surface area contributed by atoms with E-state index in [9.17, 15) is 0 Å². The van der Waals surface area contributed by atoms with Crippen molar-refractivity contribution in [2.75, 3.05) is 0 Å². The second-order valence-corrected chi connectivity index (χ2v) is 0.519. The van der Waals surface area contributed by atoms with Gasteiger partial charge in [0.1, 0.15) is 0 Å². The second-order valence-electron chi connectivity index (χ2n) is 0.519. The molecule has 2 nitrogen and oxygen atoms in total. The van der Waals surface area contributed by atoms with Gasteiger partial charge in [-0.15, -0.1) is 0 Å². The number of hydrogen-bond donors (Lipinski definition) is 1. The van der Waals surface area contributed by atoms with Gasteiger partial charge < -0.3 is 5.11 Å². The van der Waals surface area contributed by atoms with E-state index in [1.165, 1.54) is 0 Å². The fourth-order valence-electron chi connectivity index (χ4n) is 0. The van der Waals surface area contributed by atoms with E-state index in [1.54, 1.807) is 0 Å². The minimum absolute atomic E-state index is 0.833. The molecule has 0 amide bonds. The average Bonchev–Trinajstić information content (AvgIpc) is 1.41. The molecule has 0 heterocycles. The van der Waals surface area contributed by atoms with E-state index in [-0.39, 0.29) is 0 Å². The molecule has 0 radical (unpaired) electrons. The van der Waals surface area contributed by atoms with Crippen molar-refractivity contribution < 1.29 is 25.0 Å². The Bertz CT molecular complexity index is 34.5. The van der Waals surface area contributed by atoms with Gasteiger partial charge in [0, 0.05) is 6.92 Å². The topological polar surface area (TPSA) is 37.3 Å². The molecule has 0 aromatic heterocycles. The van der Waals surface area contributed by atoms with Crippen LogP contribution in [-0.4, -0.2) is 11.1 Å². The summed E-state index contributed by atoms with van der Waals surface area (Å²) in [5.74, 6) is -0.833. The van der Waals surface area contributed by atoms with Crippen molar-refractivity contribution in [3.05, 3.63) is 0 Å². The molecule has 1 N–H and O–H groups in total. The number of carboxylic acids is 1. The van der Waals surface area contributed by atoms with Crippen LogP contribution in [0, 0.1) is 0 Å². The zero-order valence-corrected chi connectivity index (χ0v) is 4.73. The molecule has 4 heteroatoms. The van der Waals surface area contributed by atoms with Crippen LogP contribution in [0.1, 0.15) is 6.92 Å². The van der Waals surface area contributed by atoms with E-state index >= 15 is 0 Å². The van der Waals surface area contributed by atoms with Gasteiger partial charge in [-0.3, -0.25) is 4.79 Å². The van der Waals surface area contributed by atoms with Crippen LogP contribution in [0.4, 0.5) is 0 Å². The first kappa shape index (κ1) is 9.56. The van der Waals surface area contributed by atoms with Crippen LogP contribution in [0.25, 0.3) is 0 Å². The van der Waals surface area contributed by atoms with Crippen LogP contribution >= 0.6 is 10.1 Å². The van der Waals surface area contributed by atoms with Crippen LogP contribution in [0.15, 0.2) is 0 Å². The van der Waals surface area contributed by atoms with Crippen molar-refractivity contribution in [3.8, 4) is 0 Å². The summed E-state index contributed by atoms with van der Waals surface area (Å²) in [6.45, 7) is 1.08. The monoisotopic (exact) mass is 158 g/mol. The maximum atomic E-state index is 9.00. The SMILES string of the molecule is CC(=O)O.[Cl][Cu]. The minimum atomic E-state index is -0.833. The van der Waals surface area contributed by atoms with E-state index in [0.29, 0.717) is 0 Å². The van der Waals surface area contributed by atoms with E-state index in [1.807, 2.05) is 0 Å². The molecule has 0 saturated carbocycles. The predicted molar refractivity (Wildman–Crippen MR) is 19.2 cm³/mol. The van der Waals surface area contributed by atoms with Gasteiger partial charge in [-0.25, -0.2) is 0 Å². The van der Waals surface area contributed by atoms with Crippen molar-refractivity contribution in [2.45, 2.75) is 6.92 Å². The Morgan fingerprint density at radius 1 is 1.83 bits per heavy atom. The van der Waals surface area contributed by atoms with Gasteiger partial charge >= 0.3 is 25.2 Å². The van der Waals surface area contributed by atoms with E-state index in [4.69, 9.17) is 9.90 Å². The molecule has 0 bridgehead atoms. The maximum absolute atomic E-state index is 9.00. The zero-order chi connectivity index (χ0) is 5.58. The van der Waals surface area contributed by atoms with Crippen LogP contribution < -0.4 is 0 Å². The molecule has 0 spiro atoms. The average molecular weight is 159 g/mol.